The minimum atomic E-state index is -0.730. The molecule has 1 aromatic rings. The summed E-state index contributed by atoms with van der Waals surface area (Å²) in [5.41, 5.74) is 1.00. The van der Waals surface area contributed by atoms with Crippen LogP contribution in [0, 0.1) is 0 Å². The van der Waals surface area contributed by atoms with Gasteiger partial charge in [-0.3, -0.25) is 14.7 Å². The second kappa shape index (κ2) is 6.63. The van der Waals surface area contributed by atoms with Crippen molar-refractivity contribution in [2.45, 2.75) is 25.4 Å². The number of hydrogen-bond donors (Lipinski definition) is 1. The Labute approximate surface area is 113 Å². The van der Waals surface area contributed by atoms with Crippen LogP contribution in [0.2, 0.25) is 0 Å². The van der Waals surface area contributed by atoms with Crippen LogP contribution in [0.15, 0.2) is 24.4 Å². The summed E-state index contributed by atoms with van der Waals surface area (Å²) in [5.74, 6) is -0.730. The molecule has 0 radical (unpaired) electrons. The Kier molecular flexibility index (Phi) is 4.87. The summed E-state index contributed by atoms with van der Waals surface area (Å²) >= 11 is 0. The second-order valence-corrected chi connectivity index (χ2v) is 5.16. The Morgan fingerprint density at radius 1 is 1.47 bits per heavy atom. The SMILES string of the molecule is CN1CCCN(Cc2ccccn2)C(CC(=O)O)C1. The summed E-state index contributed by atoms with van der Waals surface area (Å²) in [6.07, 6.45) is 3.04. The Hall–Kier alpha value is -1.46. The van der Waals surface area contributed by atoms with Gasteiger partial charge in [0.2, 0.25) is 0 Å². The van der Waals surface area contributed by atoms with E-state index in [-0.39, 0.29) is 12.5 Å². The largest absolute Gasteiger partial charge is 0.481 e. The highest BCUT2D eigenvalue weighted by atomic mass is 16.4. The molecule has 1 aliphatic rings. The van der Waals surface area contributed by atoms with E-state index in [0.29, 0.717) is 0 Å². The standard InChI is InChI=1S/C14H21N3O2/c1-16-7-4-8-17(13(11-16)9-14(18)19)10-12-5-2-3-6-15-12/h2-3,5-6,13H,4,7-11H2,1H3,(H,18,19). The maximum absolute atomic E-state index is 11.0. The lowest BCUT2D eigenvalue weighted by Gasteiger charge is -2.29. The number of rotatable bonds is 4. The fourth-order valence-electron chi connectivity index (χ4n) is 2.60. The topological polar surface area (TPSA) is 56.7 Å². The molecule has 5 nitrogen and oxygen atoms in total. The molecule has 0 amide bonds. The Morgan fingerprint density at radius 2 is 2.32 bits per heavy atom. The lowest BCUT2D eigenvalue weighted by Crippen LogP contribution is -2.41. The minimum absolute atomic E-state index is 0.0620. The van der Waals surface area contributed by atoms with Crippen molar-refractivity contribution in [1.82, 2.24) is 14.8 Å². The molecule has 0 bridgehead atoms. The zero-order valence-electron chi connectivity index (χ0n) is 11.3. The zero-order chi connectivity index (χ0) is 13.7. The van der Waals surface area contributed by atoms with Crippen LogP contribution in [0.5, 0.6) is 0 Å². The van der Waals surface area contributed by atoms with Crippen molar-refractivity contribution in [2.24, 2.45) is 0 Å². The number of pyridine rings is 1. The highest BCUT2D eigenvalue weighted by molar-refractivity contribution is 5.67. The van der Waals surface area contributed by atoms with Gasteiger partial charge in [-0.05, 0) is 32.1 Å². The number of carbonyl (C=O) groups is 1. The fraction of sp³-hybridized carbons (Fsp3) is 0.571. The predicted molar refractivity (Wildman–Crippen MR) is 72.8 cm³/mol. The minimum Gasteiger partial charge on any atom is -0.481 e. The first kappa shape index (κ1) is 14.0. The van der Waals surface area contributed by atoms with Gasteiger partial charge in [-0.25, -0.2) is 0 Å². The highest BCUT2D eigenvalue weighted by Crippen LogP contribution is 2.15. The van der Waals surface area contributed by atoms with E-state index in [1.807, 2.05) is 18.2 Å². The molecule has 1 aromatic heterocycles. The number of hydrogen-bond acceptors (Lipinski definition) is 4. The zero-order valence-corrected chi connectivity index (χ0v) is 11.3. The lowest BCUT2D eigenvalue weighted by molar-refractivity contribution is -0.138. The van der Waals surface area contributed by atoms with Crippen LogP contribution < -0.4 is 0 Å². The molecule has 1 aliphatic heterocycles. The molecular weight excluding hydrogens is 242 g/mol. The number of nitrogens with zero attached hydrogens (tertiary/aromatic N) is 3. The van der Waals surface area contributed by atoms with Crippen molar-refractivity contribution in [3.8, 4) is 0 Å². The van der Waals surface area contributed by atoms with Crippen LogP contribution in [-0.2, 0) is 11.3 Å². The summed E-state index contributed by atoms with van der Waals surface area (Å²) in [5, 5.41) is 9.07. The van der Waals surface area contributed by atoms with Gasteiger partial charge in [0.05, 0.1) is 12.1 Å². The van der Waals surface area contributed by atoms with Crippen LogP contribution in [0.3, 0.4) is 0 Å². The van der Waals surface area contributed by atoms with E-state index in [0.717, 1.165) is 38.3 Å². The average molecular weight is 263 g/mol. The Morgan fingerprint density at radius 3 is 3.00 bits per heavy atom. The summed E-state index contributed by atoms with van der Waals surface area (Å²) in [7, 11) is 2.05. The van der Waals surface area contributed by atoms with E-state index < -0.39 is 5.97 Å². The van der Waals surface area contributed by atoms with E-state index in [1.54, 1.807) is 6.20 Å². The summed E-state index contributed by atoms with van der Waals surface area (Å²) < 4.78 is 0. The molecule has 5 heteroatoms. The molecule has 104 valence electrons. The van der Waals surface area contributed by atoms with Crippen LogP contribution in [0.1, 0.15) is 18.5 Å². The molecule has 0 spiro atoms. The molecule has 0 saturated carbocycles. The maximum atomic E-state index is 11.0. The molecule has 2 heterocycles. The first-order chi connectivity index (χ1) is 9.15. The van der Waals surface area contributed by atoms with Crippen molar-refractivity contribution in [1.29, 1.82) is 0 Å². The molecule has 1 unspecified atom stereocenters. The average Bonchev–Trinajstić information content (AvgIpc) is 2.52. The molecular formula is C14H21N3O2. The van der Waals surface area contributed by atoms with Gasteiger partial charge in [-0.2, -0.15) is 0 Å². The smallest absolute Gasteiger partial charge is 0.304 e. The van der Waals surface area contributed by atoms with Crippen LogP contribution >= 0.6 is 0 Å². The van der Waals surface area contributed by atoms with Gasteiger partial charge in [0.1, 0.15) is 0 Å². The van der Waals surface area contributed by atoms with Crippen molar-refractivity contribution in [3.63, 3.8) is 0 Å². The summed E-state index contributed by atoms with van der Waals surface area (Å²) in [4.78, 5) is 19.8. The van der Waals surface area contributed by atoms with E-state index in [1.165, 1.54) is 0 Å². The van der Waals surface area contributed by atoms with E-state index in [2.05, 4.69) is 21.8 Å². The van der Waals surface area contributed by atoms with Gasteiger partial charge in [0, 0.05) is 31.9 Å². The van der Waals surface area contributed by atoms with Gasteiger partial charge in [-0.1, -0.05) is 6.07 Å². The number of likely N-dealkylation sites (N-methyl/N-ethyl adjacent to an activating group) is 1. The Bertz CT molecular complexity index is 410. The molecule has 19 heavy (non-hydrogen) atoms. The molecule has 0 aliphatic carbocycles. The highest BCUT2D eigenvalue weighted by Gasteiger charge is 2.25. The summed E-state index contributed by atoms with van der Waals surface area (Å²) in [6, 6.07) is 5.92. The first-order valence-corrected chi connectivity index (χ1v) is 6.69. The van der Waals surface area contributed by atoms with Gasteiger partial charge in [-0.15, -0.1) is 0 Å². The van der Waals surface area contributed by atoms with E-state index in [4.69, 9.17) is 5.11 Å². The number of aromatic nitrogens is 1. The van der Waals surface area contributed by atoms with Crippen molar-refractivity contribution in [2.75, 3.05) is 26.7 Å². The molecule has 1 saturated heterocycles. The first-order valence-electron chi connectivity index (χ1n) is 6.69. The third-order valence-corrected chi connectivity index (χ3v) is 3.53. The molecule has 0 aromatic carbocycles. The van der Waals surface area contributed by atoms with Gasteiger partial charge < -0.3 is 10.0 Å². The summed E-state index contributed by atoms with van der Waals surface area (Å²) in [6.45, 7) is 3.49. The van der Waals surface area contributed by atoms with Gasteiger partial charge in [0.25, 0.3) is 0 Å². The van der Waals surface area contributed by atoms with Crippen molar-refractivity contribution >= 4 is 5.97 Å². The monoisotopic (exact) mass is 263 g/mol. The Balaban J connectivity index is 2.07. The maximum Gasteiger partial charge on any atom is 0.304 e. The number of carboxylic acids is 1. The molecule has 2 rings (SSSR count). The van der Waals surface area contributed by atoms with Crippen molar-refractivity contribution in [3.05, 3.63) is 30.1 Å². The van der Waals surface area contributed by atoms with E-state index in [9.17, 15) is 4.79 Å². The number of aliphatic carboxylic acids is 1. The lowest BCUT2D eigenvalue weighted by atomic mass is 10.1. The van der Waals surface area contributed by atoms with Crippen LogP contribution in [-0.4, -0.2) is 58.6 Å². The third kappa shape index (κ3) is 4.29. The van der Waals surface area contributed by atoms with Gasteiger partial charge in [0.15, 0.2) is 0 Å². The predicted octanol–water partition coefficient (Wildman–Crippen LogP) is 1.06. The third-order valence-electron chi connectivity index (χ3n) is 3.53. The van der Waals surface area contributed by atoms with Gasteiger partial charge >= 0.3 is 5.97 Å². The van der Waals surface area contributed by atoms with Crippen LogP contribution in [0.25, 0.3) is 0 Å². The van der Waals surface area contributed by atoms with E-state index >= 15 is 0 Å². The molecule has 1 N–H and O–H groups in total. The normalized spacial score (nSPS) is 22.1. The number of carboxylic acid groups (broad SMARTS) is 1. The van der Waals surface area contributed by atoms with Crippen LogP contribution in [0.4, 0.5) is 0 Å². The fourth-order valence-corrected chi connectivity index (χ4v) is 2.60. The molecule has 1 atom stereocenters. The molecule has 1 fully saturated rings. The quantitative estimate of drug-likeness (QED) is 0.880. The second-order valence-electron chi connectivity index (χ2n) is 5.16. The van der Waals surface area contributed by atoms with Crippen molar-refractivity contribution < 1.29 is 9.90 Å².